The van der Waals surface area contributed by atoms with Crippen LogP contribution in [0, 0.1) is 11.6 Å². The molecule has 0 aromatic heterocycles. The number of carbonyl (C=O) groups is 2. The molecule has 0 bridgehead atoms. The molecule has 0 radical (unpaired) electrons. The van der Waals surface area contributed by atoms with E-state index in [0.717, 1.165) is 18.2 Å². The highest BCUT2D eigenvalue weighted by atomic mass is 19.1. The maximum Gasteiger partial charge on any atom is 0.321 e. The van der Waals surface area contributed by atoms with Crippen LogP contribution in [0.4, 0.5) is 8.78 Å². The van der Waals surface area contributed by atoms with Gasteiger partial charge < -0.3 is 16.2 Å². The maximum absolute atomic E-state index is 13.2. The molecule has 4 N–H and O–H groups in total. The lowest BCUT2D eigenvalue weighted by molar-refractivity contribution is -0.140. The van der Waals surface area contributed by atoms with Gasteiger partial charge in [-0.2, -0.15) is 0 Å². The van der Waals surface area contributed by atoms with Gasteiger partial charge in [-0.1, -0.05) is 0 Å². The van der Waals surface area contributed by atoms with Crippen LogP contribution in [0.15, 0.2) is 18.2 Å². The van der Waals surface area contributed by atoms with E-state index >= 15 is 0 Å². The molecular weight excluding hydrogens is 246 g/mol. The van der Waals surface area contributed by atoms with Crippen molar-refractivity contribution < 1.29 is 23.5 Å². The number of halogens is 2. The molecule has 0 heterocycles. The number of nitrogens with one attached hydrogen (secondary N) is 1. The van der Waals surface area contributed by atoms with Crippen molar-refractivity contribution in [1.29, 1.82) is 0 Å². The molecule has 1 rings (SSSR count). The summed E-state index contributed by atoms with van der Waals surface area (Å²) >= 11 is 0. The first-order chi connectivity index (χ1) is 8.40. The summed E-state index contributed by atoms with van der Waals surface area (Å²) in [4.78, 5) is 21.7. The molecule has 0 aliphatic heterocycles. The lowest BCUT2D eigenvalue weighted by Crippen LogP contribution is -2.36. The van der Waals surface area contributed by atoms with Gasteiger partial charge in [-0.05, 0) is 18.2 Å². The molecule has 0 fully saturated rings. The number of hydrogen-bond donors (Lipinski definition) is 3. The van der Waals surface area contributed by atoms with Crippen LogP contribution in [0.1, 0.15) is 12.0 Å². The summed E-state index contributed by atoms with van der Waals surface area (Å²) in [6, 6.07) is 1.54. The van der Waals surface area contributed by atoms with Crippen molar-refractivity contribution in [3.8, 4) is 0 Å². The van der Waals surface area contributed by atoms with E-state index in [2.05, 4.69) is 5.32 Å². The van der Waals surface area contributed by atoms with Crippen molar-refractivity contribution in [1.82, 2.24) is 5.32 Å². The van der Waals surface area contributed by atoms with Gasteiger partial charge in [0.15, 0.2) is 0 Å². The Morgan fingerprint density at radius 1 is 1.39 bits per heavy atom. The lowest BCUT2D eigenvalue weighted by atomic mass is 10.2. The highest BCUT2D eigenvalue weighted by Gasteiger charge is 2.16. The van der Waals surface area contributed by atoms with E-state index in [9.17, 15) is 18.4 Å². The summed E-state index contributed by atoms with van der Waals surface area (Å²) in [7, 11) is 0. The zero-order valence-corrected chi connectivity index (χ0v) is 9.32. The molecule has 0 saturated heterocycles. The van der Waals surface area contributed by atoms with E-state index in [1.165, 1.54) is 0 Å². The summed E-state index contributed by atoms with van der Waals surface area (Å²) in [6.07, 6.45) is -0.424. The summed E-state index contributed by atoms with van der Waals surface area (Å²) in [5.74, 6) is -3.22. The Kier molecular flexibility index (Phi) is 4.73. The molecule has 5 nitrogen and oxygen atoms in total. The SMILES string of the molecule is NC(CC(=O)NCc1cc(F)ccc1F)C(=O)O. The van der Waals surface area contributed by atoms with Crippen molar-refractivity contribution in [3.63, 3.8) is 0 Å². The zero-order chi connectivity index (χ0) is 13.7. The molecule has 1 amide bonds. The summed E-state index contributed by atoms with van der Waals surface area (Å²) < 4.78 is 26.0. The molecule has 1 atom stereocenters. The minimum absolute atomic E-state index is 0.0211. The predicted molar refractivity (Wildman–Crippen MR) is 58.4 cm³/mol. The van der Waals surface area contributed by atoms with Crippen LogP contribution in [0.25, 0.3) is 0 Å². The topological polar surface area (TPSA) is 92.4 Å². The van der Waals surface area contributed by atoms with Gasteiger partial charge in [0.1, 0.15) is 17.7 Å². The van der Waals surface area contributed by atoms with Gasteiger partial charge in [-0.15, -0.1) is 0 Å². The molecule has 0 aliphatic rings. The van der Waals surface area contributed by atoms with Crippen molar-refractivity contribution in [2.75, 3.05) is 0 Å². The molecule has 98 valence electrons. The molecule has 1 aromatic carbocycles. The predicted octanol–water partition coefficient (Wildman–Crippen LogP) is 0.383. The number of benzene rings is 1. The van der Waals surface area contributed by atoms with E-state index < -0.39 is 36.0 Å². The third-order valence-electron chi connectivity index (χ3n) is 2.21. The minimum Gasteiger partial charge on any atom is -0.480 e. The third-order valence-corrected chi connectivity index (χ3v) is 2.21. The average Bonchev–Trinajstić information content (AvgIpc) is 2.30. The zero-order valence-electron chi connectivity index (χ0n) is 9.32. The molecular formula is C11H12F2N2O3. The Labute approximate surface area is 102 Å². The Balaban J connectivity index is 2.52. The Morgan fingerprint density at radius 3 is 2.67 bits per heavy atom. The van der Waals surface area contributed by atoms with Crippen LogP contribution < -0.4 is 11.1 Å². The fraction of sp³-hybridized carbons (Fsp3) is 0.273. The van der Waals surface area contributed by atoms with E-state index in [1.54, 1.807) is 0 Å². The van der Waals surface area contributed by atoms with Gasteiger partial charge in [0.05, 0.1) is 6.42 Å². The molecule has 18 heavy (non-hydrogen) atoms. The van der Waals surface area contributed by atoms with Gasteiger partial charge in [0.25, 0.3) is 0 Å². The lowest BCUT2D eigenvalue weighted by Gasteiger charge is -2.08. The van der Waals surface area contributed by atoms with Gasteiger partial charge in [-0.3, -0.25) is 9.59 Å². The summed E-state index contributed by atoms with van der Waals surface area (Å²) in [5.41, 5.74) is 5.12. The first-order valence-corrected chi connectivity index (χ1v) is 5.09. The second-order valence-electron chi connectivity index (χ2n) is 3.66. The highest BCUT2D eigenvalue weighted by molar-refractivity contribution is 5.84. The van der Waals surface area contributed by atoms with Crippen molar-refractivity contribution in [2.24, 2.45) is 5.73 Å². The van der Waals surface area contributed by atoms with Crippen molar-refractivity contribution in [2.45, 2.75) is 19.0 Å². The second kappa shape index (κ2) is 6.06. The van der Waals surface area contributed by atoms with Crippen LogP contribution in [0.3, 0.4) is 0 Å². The minimum atomic E-state index is -1.32. The number of carboxylic acid groups (broad SMARTS) is 1. The van der Waals surface area contributed by atoms with E-state index in [1.807, 2.05) is 0 Å². The highest BCUT2D eigenvalue weighted by Crippen LogP contribution is 2.09. The smallest absolute Gasteiger partial charge is 0.321 e. The van der Waals surface area contributed by atoms with E-state index in [-0.39, 0.29) is 12.1 Å². The van der Waals surface area contributed by atoms with Crippen LogP contribution in [0.5, 0.6) is 0 Å². The molecule has 0 aliphatic carbocycles. The van der Waals surface area contributed by atoms with Gasteiger partial charge in [0, 0.05) is 12.1 Å². The largest absolute Gasteiger partial charge is 0.480 e. The van der Waals surface area contributed by atoms with Gasteiger partial charge in [0.2, 0.25) is 5.91 Å². The number of carboxylic acids is 1. The molecule has 1 aromatic rings. The first kappa shape index (κ1) is 14.0. The molecule has 0 saturated carbocycles. The number of carbonyl (C=O) groups excluding carboxylic acids is 1. The standard InChI is InChI=1S/C11H12F2N2O3/c12-7-1-2-8(13)6(3-7)5-15-10(16)4-9(14)11(17)18/h1-3,9H,4-5,14H2,(H,15,16)(H,17,18). The fourth-order valence-electron chi connectivity index (χ4n) is 1.23. The Bertz CT molecular complexity index is 466. The number of rotatable bonds is 5. The normalized spacial score (nSPS) is 11.9. The quantitative estimate of drug-likeness (QED) is 0.712. The molecule has 7 heteroatoms. The Hall–Kier alpha value is -2.02. The molecule has 1 unspecified atom stereocenters. The van der Waals surface area contributed by atoms with Gasteiger partial charge >= 0.3 is 5.97 Å². The second-order valence-corrected chi connectivity index (χ2v) is 3.66. The number of nitrogens with two attached hydrogens (primary N) is 1. The summed E-state index contributed by atoms with van der Waals surface area (Å²) in [5, 5.41) is 10.7. The van der Waals surface area contributed by atoms with Gasteiger partial charge in [-0.25, -0.2) is 8.78 Å². The van der Waals surface area contributed by atoms with E-state index in [0.29, 0.717) is 0 Å². The first-order valence-electron chi connectivity index (χ1n) is 5.09. The molecule has 0 spiro atoms. The maximum atomic E-state index is 13.2. The summed E-state index contributed by atoms with van der Waals surface area (Å²) in [6.45, 7) is -0.227. The number of amides is 1. The number of hydrogen-bond acceptors (Lipinski definition) is 3. The van der Waals surface area contributed by atoms with Crippen LogP contribution in [-0.2, 0) is 16.1 Å². The van der Waals surface area contributed by atoms with Crippen LogP contribution >= 0.6 is 0 Å². The monoisotopic (exact) mass is 258 g/mol. The van der Waals surface area contributed by atoms with Crippen molar-refractivity contribution in [3.05, 3.63) is 35.4 Å². The third kappa shape index (κ3) is 4.10. The van der Waals surface area contributed by atoms with Crippen LogP contribution in [0.2, 0.25) is 0 Å². The average molecular weight is 258 g/mol. The number of aliphatic carboxylic acids is 1. The van der Waals surface area contributed by atoms with E-state index in [4.69, 9.17) is 10.8 Å². The fourth-order valence-corrected chi connectivity index (χ4v) is 1.23. The van der Waals surface area contributed by atoms with Crippen LogP contribution in [-0.4, -0.2) is 23.0 Å². The van der Waals surface area contributed by atoms with Crippen molar-refractivity contribution >= 4 is 11.9 Å². The Morgan fingerprint density at radius 2 is 2.06 bits per heavy atom.